The van der Waals surface area contributed by atoms with E-state index in [0.717, 1.165) is 4.90 Å². The number of para-hydroxylation sites is 1. The zero-order valence-corrected chi connectivity index (χ0v) is 11.6. The average molecular weight is 321 g/mol. The van der Waals surface area contributed by atoms with Crippen LogP contribution in [0.2, 0.25) is 0 Å². The molecule has 0 aliphatic carbocycles. The summed E-state index contributed by atoms with van der Waals surface area (Å²) in [5, 5.41) is 9.49. The lowest BCUT2D eigenvalue weighted by atomic mass is 10.0. The minimum Gasteiger partial charge on any atom is -0.490 e. The molecule has 1 amide bonds. The number of likely N-dealkylation sites (tertiary alicyclic amines) is 1. The number of ether oxygens (including phenoxy) is 1. The van der Waals surface area contributed by atoms with Crippen molar-refractivity contribution in [2.45, 2.75) is 24.6 Å². The maximum absolute atomic E-state index is 13.3. The molecule has 1 unspecified atom stereocenters. The van der Waals surface area contributed by atoms with E-state index in [1.165, 1.54) is 18.2 Å². The number of amides is 1. The first-order valence-corrected chi connectivity index (χ1v) is 6.67. The number of carbonyl (C=O) groups is 1. The summed E-state index contributed by atoms with van der Waals surface area (Å²) in [6.07, 6.45) is -5.51. The lowest BCUT2D eigenvalue weighted by molar-refractivity contribution is -0.253. The fraction of sp³-hybridized carbons (Fsp3) is 0.500. The smallest absolute Gasteiger partial charge is 0.419 e. The Labute approximate surface area is 124 Å². The second-order valence-corrected chi connectivity index (χ2v) is 5.12. The summed E-state index contributed by atoms with van der Waals surface area (Å²) in [6, 6.07) is 5.62. The van der Waals surface area contributed by atoms with Gasteiger partial charge in [-0.3, -0.25) is 4.79 Å². The Morgan fingerprint density at radius 1 is 1.36 bits per heavy atom. The Kier molecular flexibility index (Phi) is 4.60. The average Bonchev–Trinajstić information content (AvgIpc) is 2.84. The molecule has 1 aliphatic rings. The number of hydrogen-bond acceptors (Lipinski definition) is 3. The Hall–Kier alpha value is -1.83. The number of β-amino-alcohol motifs (C(OH)–C–C–N with tert-alkyl or cyclic N) is 1. The fourth-order valence-electron chi connectivity index (χ4n) is 2.21. The van der Waals surface area contributed by atoms with Crippen molar-refractivity contribution in [3.63, 3.8) is 0 Å². The first kappa shape index (κ1) is 16.5. The SMILES string of the molecule is O=C(CCOc1ccccc1F)N1CCC(O)(C(F)(F)F)C1. The molecule has 1 N–H and O–H groups in total. The number of benzene rings is 1. The fourth-order valence-corrected chi connectivity index (χ4v) is 2.21. The topological polar surface area (TPSA) is 49.8 Å². The molecule has 1 atom stereocenters. The number of halogens is 4. The van der Waals surface area contributed by atoms with Crippen LogP contribution >= 0.6 is 0 Å². The predicted octanol–water partition coefficient (Wildman–Crippen LogP) is 2.12. The van der Waals surface area contributed by atoms with Gasteiger partial charge in [0, 0.05) is 13.0 Å². The van der Waals surface area contributed by atoms with Crippen LogP contribution in [0.15, 0.2) is 24.3 Å². The van der Waals surface area contributed by atoms with Crippen LogP contribution in [0.5, 0.6) is 5.75 Å². The van der Waals surface area contributed by atoms with Crippen LogP contribution in [-0.4, -0.2) is 47.4 Å². The van der Waals surface area contributed by atoms with E-state index in [2.05, 4.69) is 0 Å². The van der Waals surface area contributed by atoms with Crippen molar-refractivity contribution in [1.29, 1.82) is 0 Å². The predicted molar refractivity (Wildman–Crippen MR) is 68.7 cm³/mol. The van der Waals surface area contributed by atoms with Gasteiger partial charge in [0.15, 0.2) is 17.2 Å². The number of nitrogens with zero attached hydrogens (tertiary/aromatic N) is 1. The molecule has 8 heteroatoms. The highest BCUT2D eigenvalue weighted by molar-refractivity contribution is 5.76. The van der Waals surface area contributed by atoms with Crippen molar-refractivity contribution in [3.05, 3.63) is 30.1 Å². The molecule has 0 radical (unpaired) electrons. The molecule has 0 aromatic heterocycles. The lowest BCUT2D eigenvalue weighted by Gasteiger charge is -2.25. The minimum absolute atomic E-state index is 0.0245. The van der Waals surface area contributed by atoms with E-state index in [1.54, 1.807) is 6.07 Å². The van der Waals surface area contributed by atoms with Gasteiger partial charge < -0.3 is 14.7 Å². The van der Waals surface area contributed by atoms with Gasteiger partial charge in [0.2, 0.25) is 5.91 Å². The van der Waals surface area contributed by atoms with Crippen molar-refractivity contribution in [2.75, 3.05) is 19.7 Å². The molecule has 1 fully saturated rings. The van der Waals surface area contributed by atoms with E-state index in [4.69, 9.17) is 4.74 Å². The Bertz CT molecular complexity index is 549. The summed E-state index contributed by atoms with van der Waals surface area (Å²) in [7, 11) is 0. The number of hydrogen-bond donors (Lipinski definition) is 1. The molecular formula is C14H15F4NO3. The van der Waals surface area contributed by atoms with Gasteiger partial charge in [-0.2, -0.15) is 13.2 Å². The molecular weight excluding hydrogens is 306 g/mol. The van der Waals surface area contributed by atoms with Gasteiger partial charge >= 0.3 is 6.18 Å². The van der Waals surface area contributed by atoms with Gasteiger partial charge in [-0.15, -0.1) is 0 Å². The molecule has 0 bridgehead atoms. The molecule has 1 saturated heterocycles. The quantitative estimate of drug-likeness (QED) is 0.864. The molecule has 0 spiro atoms. The Morgan fingerprint density at radius 3 is 2.64 bits per heavy atom. The first-order chi connectivity index (χ1) is 10.2. The van der Waals surface area contributed by atoms with Gasteiger partial charge in [0.25, 0.3) is 0 Å². The van der Waals surface area contributed by atoms with E-state index in [-0.39, 0.29) is 25.3 Å². The van der Waals surface area contributed by atoms with E-state index in [1.807, 2.05) is 0 Å². The molecule has 122 valence electrons. The van der Waals surface area contributed by atoms with Gasteiger partial charge in [0.05, 0.1) is 19.6 Å². The van der Waals surface area contributed by atoms with Crippen LogP contribution in [0.25, 0.3) is 0 Å². The van der Waals surface area contributed by atoms with Crippen LogP contribution in [-0.2, 0) is 4.79 Å². The van der Waals surface area contributed by atoms with Crippen LogP contribution in [0.4, 0.5) is 17.6 Å². The highest BCUT2D eigenvalue weighted by Crippen LogP contribution is 2.37. The first-order valence-electron chi connectivity index (χ1n) is 6.67. The Morgan fingerprint density at radius 2 is 2.05 bits per heavy atom. The third-order valence-electron chi connectivity index (χ3n) is 3.54. The maximum atomic E-state index is 13.3. The van der Waals surface area contributed by atoms with E-state index in [0.29, 0.717) is 0 Å². The van der Waals surface area contributed by atoms with E-state index in [9.17, 15) is 27.5 Å². The summed E-state index contributed by atoms with van der Waals surface area (Å²) >= 11 is 0. The summed E-state index contributed by atoms with van der Waals surface area (Å²) < 4.78 is 56.3. The van der Waals surface area contributed by atoms with Crippen LogP contribution < -0.4 is 4.74 Å². The van der Waals surface area contributed by atoms with Crippen molar-refractivity contribution < 1.29 is 32.2 Å². The van der Waals surface area contributed by atoms with E-state index < -0.39 is 36.5 Å². The third-order valence-corrected chi connectivity index (χ3v) is 3.54. The third kappa shape index (κ3) is 3.49. The monoisotopic (exact) mass is 321 g/mol. The second kappa shape index (κ2) is 6.12. The van der Waals surface area contributed by atoms with Crippen molar-refractivity contribution in [1.82, 2.24) is 4.90 Å². The summed E-state index contributed by atoms with van der Waals surface area (Å²) in [5.74, 6) is -1.18. The minimum atomic E-state index is -4.77. The number of aliphatic hydroxyl groups is 1. The molecule has 1 aliphatic heterocycles. The van der Waals surface area contributed by atoms with Crippen molar-refractivity contribution in [2.24, 2.45) is 0 Å². The van der Waals surface area contributed by atoms with Crippen LogP contribution in [0.1, 0.15) is 12.8 Å². The number of rotatable bonds is 4. The number of alkyl halides is 3. The van der Waals surface area contributed by atoms with Gasteiger partial charge in [-0.25, -0.2) is 4.39 Å². The molecule has 2 rings (SSSR count). The van der Waals surface area contributed by atoms with Gasteiger partial charge in [-0.1, -0.05) is 12.1 Å². The van der Waals surface area contributed by atoms with Crippen LogP contribution in [0.3, 0.4) is 0 Å². The maximum Gasteiger partial charge on any atom is 0.419 e. The summed E-state index contributed by atoms with van der Waals surface area (Å²) in [6.45, 7) is -1.11. The Balaban J connectivity index is 1.83. The van der Waals surface area contributed by atoms with Crippen molar-refractivity contribution in [3.8, 4) is 5.75 Å². The molecule has 1 heterocycles. The number of carbonyl (C=O) groups excluding carboxylic acids is 1. The van der Waals surface area contributed by atoms with Crippen molar-refractivity contribution >= 4 is 5.91 Å². The second-order valence-electron chi connectivity index (χ2n) is 5.12. The molecule has 4 nitrogen and oxygen atoms in total. The zero-order valence-electron chi connectivity index (χ0n) is 11.6. The van der Waals surface area contributed by atoms with Gasteiger partial charge in [-0.05, 0) is 12.1 Å². The highest BCUT2D eigenvalue weighted by atomic mass is 19.4. The highest BCUT2D eigenvalue weighted by Gasteiger charge is 2.57. The van der Waals surface area contributed by atoms with Crippen LogP contribution in [0, 0.1) is 5.82 Å². The molecule has 1 aromatic rings. The van der Waals surface area contributed by atoms with E-state index >= 15 is 0 Å². The molecule has 22 heavy (non-hydrogen) atoms. The van der Waals surface area contributed by atoms with Gasteiger partial charge in [0.1, 0.15) is 0 Å². The molecule has 1 aromatic carbocycles. The normalized spacial score (nSPS) is 22.0. The summed E-state index contributed by atoms with van der Waals surface area (Å²) in [5.41, 5.74) is -2.85. The zero-order chi connectivity index (χ0) is 16.4. The standard InChI is InChI=1S/C14H15F4NO3/c15-10-3-1-2-4-11(10)22-8-5-12(20)19-7-6-13(21,9-19)14(16,17)18/h1-4,21H,5-9H2. The lowest BCUT2D eigenvalue weighted by Crippen LogP contribution is -2.48. The largest absolute Gasteiger partial charge is 0.490 e. The summed E-state index contributed by atoms with van der Waals surface area (Å²) in [4.78, 5) is 12.8. The molecule has 0 saturated carbocycles.